The highest BCUT2D eigenvalue weighted by molar-refractivity contribution is 6.04. The lowest BCUT2D eigenvalue weighted by Crippen LogP contribution is -2.47. The summed E-state index contributed by atoms with van der Waals surface area (Å²) in [5.41, 5.74) is 1.78. The second-order valence-corrected chi connectivity index (χ2v) is 11.4. The van der Waals surface area contributed by atoms with E-state index in [4.69, 9.17) is 4.74 Å². The molecule has 0 spiro atoms. The number of halogens is 3. The van der Waals surface area contributed by atoms with Crippen LogP contribution in [0, 0.1) is 0 Å². The second-order valence-electron chi connectivity index (χ2n) is 11.4. The van der Waals surface area contributed by atoms with Crippen molar-refractivity contribution in [1.29, 1.82) is 0 Å². The van der Waals surface area contributed by atoms with Crippen LogP contribution in [0.1, 0.15) is 43.6 Å². The van der Waals surface area contributed by atoms with Crippen molar-refractivity contribution in [3.8, 4) is 16.9 Å². The number of alkyl halides is 3. The van der Waals surface area contributed by atoms with Crippen molar-refractivity contribution in [2.24, 2.45) is 0 Å². The smallest absolute Gasteiger partial charge is 0.444 e. The Hall–Kier alpha value is -4.58. The van der Waals surface area contributed by atoms with Crippen LogP contribution in [0.15, 0.2) is 66.7 Å². The molecular formula is C32H35F3N4O5. The summed E-state index contributed by atoms with van der Waals surface area (Å²) in [4.78, 5) is 40.7. The van der Waals surface area contributed by atoms with Gasteiger partial charge in [-0.15, -0.1) is 13.2 Å². The first-order valence-corrected chi connectivity index (χ1v) is 14.0. The Bertz CT molecular complexity index is 1480. The molecule has 4 rings (SSSR count). The number of nitrogens with one attached hydrogen (secondary N) is 2. The lowest BCUT2D eigenvalue weighted by Gasteiger charge is -2.34. The molecule has 2 N–H and O–H groups in total. The summed E-state index contributed by atoms with van der Waals surface area (Å²) in [5.74, 6) is -0.775. The number of hydrogen-bond donors (Lipinski definition) is 2. The number of anilines is 2. The molecule has 1 aliphatic heterocycles. The summed E-state index contributed by atoms with van der Waals surface area (Å²) >= 11 is 0. The van der Waals surface area contributed by atoms with Crippen molar-refractivity contribution in [2.45, 2.75) is 46.2 Å². The van der Waals surface area contributed by atoms with Gasteiger partial charge in [-0.1, -0.05) is 24.3 Å². The number of piperazine rings is 1. The van der Waals surface area contributed by atoms with Crippen LogP contribution < -0.4 is 15.4 Å². The van der Waals surface area contributed by atoms with Gasteiger partial charge in [0.15, 0.2) is 0 Å². The topological polar surface area (TPSA) is 100 Å². The Kier molecular flexibility index (Phi) is 9.83. The Morgan fingerprint density at radius 1 is 0.818 bits per heavy atom. The third-order valence-corrected chi connectivity index (χ3v) is 6.74. The predicted molar refractivity (Wildman–Crippen MR) is 160 cm³/mol. The van der Waals surface area contributed by atoms with Gasteiger partial charge >= 0.3 is 12.5 Å². The molecule has 3 aromatic carbocycles. The molecule has 0 unspecified atom stereocenters. The van der Waals surface area contributed by atoms with E-state index in [9.17, 15) is 27.6 Å². The Morgan fingerprint density at radius 3 is 2.00 bits per heavy atom. The van der Waals surface area contributed by atoms with Crippen molar-refractivity contribution in [2.75, 3.05) is 36.8 Å². The van der Waals surface area contributed by atoms with Crippen LogP contribution in [0.25, 0.3) is 11.1 Å². The summed E-state index contributed by atoms with van der Waals surface area (Å²) in [6.45, 7) is 10.4. The molecule has 3 amide bonds. The van der Waals surface area contributed by atoms with Gasteiger partial charge in [0.2, 0.25) is 5.91 Å². The number of hydrogen-bond acceptors (Lipinski definition) is 6. The molecule has 3 aromatic rings. The van der Waals surface area contributed by atoms with E-state index in [1.54, 1.807) is 39.8 Å². The minimum absolute atomic E-state index is 0.0566. The monoisotopic (exact) mass is 612 g/mol. The molecular weight excluding hydrogens is 577 g/mol. The maximum Gasteiger partial charge on any atom is 0.573 e. The SMILES string of the molecule is CC(=O)N1CCN(Cc2ccc(NC(=O)c3ccc(-c4cc(NC(=O)OC(C)(C)C)ccc4OC(F)(F)F)cc3)cc2)CC1. The van der Waals surface area contributed by atoms with Crippen molar-refractivity contribution in [1.82, 2.24) is 9.80 Å². The molecule has 1 fully saturated rings. The Morgan fingerprint density at radius 2 is 1.43 bits per heavy atom. The zero-order valence-corrected chi connectivity index (χ0v) is 25.0. The van der Waals surface area contributed by atoms with Gasteiger partial charge in [0, 0.05) is 62.1 Å². The molecule has 0 bridgehead atoms. The Balaban J connectivity index is 1.42. The number of nitrogens with zero attached hydrogens (tertiary/aromatic N) is 2. The molecule has 0 aromatic heterocycles. The van der Waals surface area contributed by atoms with Gasteiger partial charge < -0.3 is 19.7 Å². The molecule has 0 aliphatic carbocycles. The standard InChI is InChI=1S/C32H35F3N4O5/c1-21(40)39-17-15-38(16-18-39)20-22-5-11-25(12-6-22)36-29(41)24-9-7-23(8-10-24)27-19-26(37-30(42)44-31(2,3)4)13-14-28(27)43-32(33,34)35/h5-14,19H,15-18,20H2,1-4H3,(H,36,41)(H,37,42). The van der Waals surface area contributed by atoms with Crippen LogP contribution in [0.4, 0.5) is 29.3 Å². The predicted octanol–water partition coefficient (Wildman–Crippen LogP) is 6.52. The van der Waals surface area contributed by atoms with Crippen molar-refractivity contribution >= 4 is 29.3 Å². The van der Waals surface area contributed by atoms with Crippen LogP contribution in [-0.4, -0.2) is 65.8 Å². The van der Waals surface area contributed by atoms with Crippen LogP contribution in [0.3, 0.4) is 0 Å². The fraction of sp³-hybridized carbons (Fsp3) is 0.344. The maximum atomic E-state index is 13.1. The second kappa shape index (κ2) is 13.4. The largest absolute Gasteiger partial charge is 0.573 e. The summed E-state index contributed by atoms with van der Waals surface area (Å²) in [6.07, 6.45) is -5.70. The summed E-state index contributed by atoms with van der Waals surface area (Å²) in [5, 5.41) is 5.34. The molecule has 9 nitrogen and oxygen atoms in total. The fourth-order valence-corrected chi connectivity index (χ4v) is 4.65. The number of ether oxygens (including phenoxy) is 2. The van der Waals surface area contributed by atoms with E-state index in [-0.39, 0.29) is 17.2 Å². The van der Waals surface area contributed by atoms with E-state index in [0.29, 0.717) is 29.9 Å². The van der Waals surface area contributed by atoms with Gasteiger partial charge in [-0.25, -0.2) is 4.79 Å². The highest BCUT2D eigenvalue weighted by Gasteiger charge is 2.32. The van der Waals surface area contributed by atoms with E-state index >= 15 is 0 Å². The first kappa shape index (κ1) is 32.3. The zero-order chi connectivity index (χ0) is 32.1. The van der Waals surface area contributed by atoms with Gasteiger partial charge in [-0.2, -0.15) is 0 Å². The normalized spacial score (nSPS) is 14.1. The highest BCUT2D eigenvalue weighted by atomic mass is 19.4. The molecule has 234 valence electrons. The van der Waals surface area contributed by atoms with Crippen LogP contribution >= 0.6 is 0 Å². The van der Waals surface area contributed by atoms with Crippen molar-refractivity contribution in [3.63, 3.8) is 0 Å². The van der Waals surface area contributed by atoms with Crippen molar-refractivity contribution in [3.05, 3.63) is 77.9 Å². The van der Waals surface area contributed by atoms with Gasteiger partial charge in [-0.3, -0.25) is 19.8 Å². The number of carbonyl (C=O) groups is 3. The number of benzene rings is 3. The average molecular weight is 613 g/mol. The van der Waals surface area contributed by atoms with Crippen LogP contribution in [0.5, 0.6) is 5.75 Å². The van der Waals surface area contributed by atoms with Crippen molar-refractivity contribution < 1.29 is 37.0 Å². The lowest BCUT2D eigenvalue weighted by atomic mass is 10.0. The number of carbonyl (C=O) groups excluding carboxylic acids is 3. The quantitative estimate of drug-likeness (QED) is 0.315. The number of rotatable bonds is 7. The molecule has 0 saturated carbocycles. The van der Waals surface area contributed by atoms with Gasteiger partial charge in [-0.05, 0) is 74.4 Å². The number of amides is 3. The summed E-state index contributed by atoms with van der Waals surface area (Å²) in [7, 11) is 0. The zero-order valence-electron chi connectivity index (χ0n) is 25.0. The molecule has 1 aliphatic rings. The first-order chi connectivity index (χ1) is 20.6. The minimum Gasteiger partial charge on any atom is -0.444 e. The van der Waals surface area contributed by atoms with Gasteiger partial charge in [0.25, 0.3) is 5.91 Å². The lowest BCUT2D eigenvalue weighted by molar-refractivity contribution is -0.274. The molecule has 0 radical (unpaired) electrons. The summed E-state index contributed by atoms with van der Waals surface area (Å²) in [6, 6.07) is 17.2. The van der Waals surface area contributed by atoms with Crippen LogP contribution in [0.2, 0.25) is 0 Å². The van der Waals surface area contributed by atoms with Gasteiger partial charge in [0.05, 0.1) is 0 Å². The third kappa shape index (κ3) is 9.46. The van der Waals surface area contributed by atoms with E-state index in [2.05, 4.69) is 20.3 Å². The molecule has 12 heteroatoms. The van der Waals surface area contributed by atoms with E-state index in [1.165, 1.54) is 36.4 Å². The van der Waals surface area contributed by atoms with E-state index in [0.717, 1.165) is 31.3 Å². The highest BCUT2D eigenvalue weighted by Crippen LogP contribution is 2.36. The average Bonchev–Trinajstić information content (AvgIpc) is 2.93. The molecule has 1 heterocycles. The first-order valence-electron chi connectivity index (χ1n) is 14.0. The molecule has 1 saturated heterocycles. The Labute approximate surface area is 253 Å². The van der Waals surface area contributed by atoms with Crippen LogP contribution in [-0.2, 0) is 16.1 Å². The summed E-state index contributed by atoms with van der Waals surface area (Å²) < 4.78 is 48.8. The van der Waals surface area contributed by atoms with E-state index in [1.807, 2.05) is 17.0 Å². The minimum atomic E-state index is -4.94. The third-order valence-electron chi connectivity index (χ3n) is 6.74. The maximum absolute atomic E-state index is 13.1. The fourth-order valence-electron chi connectivity index (χ4n) is 4.65. The van der Waals surface area contributed by atoms with Gasteiger partial charge in [0.1, 0.15) is 11.4 Å². The molecule has 44 heavy (non-hydrogen) atoms. The van der Waals surface area contributed by atoms with E-state index < -0.39 is 29.7 Å². The molecule has 0 atom stereocenters.